The minimum Gasteiger partial charge on any atom is -0.506 e. The van der Waals surface area contributed by atoms with Crippen molar-refractivity contribution in [1.82, 2.24) is 0 Å². The third-order valence-electron chi connectivity index (χ3n) is 2.47. The highest BCUT2D eigenvalue weighted by molar-refractivity contribution is 14.1. The van der Waals surface area contributed by atoms with E-state index in [2.05, 4.69) is 0 Å². The molecule has 0 spiro atoms. The number of benzene rings is 1. The normalized spacial score (nSPS) is 17.5. The average molecular weight is 500 g/mol. The molecule has 0 unspecified atom stereocenters. The van der Waals surface area contributed by atoms with Crippen LogP contribution in [0.1, 0.15) is 19.4 Å². The molecule has 1 aromatic carbocycles. The van der Waals surface area contributed by atoms with E-state index in [1.807, 2.05) is 45.2 Å². The van der Waals surface area contributed by atoms with Crippen molar-refractivity contribution < 1.29 is 24.2 Å². The number of ether oxygens (including phenoxy) is 2. The summed E-state index contributed by atoms with van der Waals surface area (Å²) < 4.78 is 11.3. The van der Waals surface area contributed by atoms with Crippen LogP contribution in [0.15, 0.2) is 17.7 Å². The third kappa shape index (κ3) is 3.25. The molecule has 0 atom stereocenters. The molecule has 2 rings (SSSR count). The molecular formula is C13H10I2O5. The van der Waals surface area contributed by atoms with Crippen LogP contribution in [0, 0.1) is 7.14 Å². The van der Waals surface area contributed by atoms with Crippen LogP contribution >= 0.6 is 45.2 Å². The Hall–Kier alpha value is -0.840. The fourth-order valence-electron chi connectivity index (χ4n) is 1.61. The van der Waals surface area contributed by atoms with Crippen LogP contribution in [0.2, 0.25) is 0 Å². The van der Waals surface area contributed by atoms with Gasteiger partial charge in [0.1, 0.15) is 11.3 Å². The molecule has 0 radical (unpaired) electrons. The number of halogens is 2. The maximum absolute atomic E-state index is 11.8. The first-order chi connectivity index (χ1) is 9.19. The zero-order valence-corrected chi connectivity index (χ0v) is 14.9. The maximum Gasteiger partial charge on any atom is 0.348 e. The van der Waals surface area contributed by atoms with E-state index in [1.165, 1.54) is 19.9 Å². The van der Waals surface area contributed by atoms with Crippen molar-refractivity contribution in [1.29, 1.82) is 0 Å². The van der Waals surface area contributed by atoms with Crippen LogP contribution < -0.4 is 0 Å². The lowest BCUT2D eigenvalue weighted by Gasteiger charge is -2.29. The highest BCUT2D eigenvalue weighted by atomic mass is 127. The number of carbonyl (C=O) groups excluding carboxylic acids is 2. The summed E-state index contributed by atoms with van der Waals surface area (Å²) in [5.74, 6) is -2.51. The summed E-state index contributed by atoms with van der Waals surface area (Å²) in [5, 5.41) is 9.69. The van der Waals surface area contributed by atoms with Gasteiger partial charge >= 0.3 is 11.9 Å². The van der Waals surface area contributed by atoms with Crippen molar-refractivity contribution in [3.63, 3.8) is 0 Å². The van der Waals surface area contributed by atoms with Gasteiger partial charge in [-0.1, -0.05) is 0 Å². The summed E-state index contributed by atoms with van der Waals surface area (Å²) in [4.78, 5) is 23.6. The van der Waals surface area contributed by atoms with Crippen molar-refractivity contribution in [2.45, 2.75) is 19.6 Å². The number of hydrogen-bond donors (Lipinski definition) is 1. The fraction of sp³-hybridized carbons (Fsp3) is 0.231. The van der Waals surface area contributed by atoms with Crippen LogP contribution in [0.3, 0.4) is 0 Å². The standard InChI is InChI=1S/C13H10I2O5/c1-13(2)19-11(17)7(12(18)20-13)3-6-4-8(14)10(16)9(15)5-6/h3-5,16H,1-2H3. The summed E-state index contributed by atoms with van der Waals surface area (Å²) in [7, 11) is 0. The Bertz CT molecular complexity index is 589. The molecule has 106 valence electrons. The quantitative estimate of drug-likeness (QED) is 0.278. The molecule has 0 aromatic heterocycles. The van der Waals surface area contributed by atoms with Crippen LogP contribution in [0.25, 0.3) is 6.08 Å². The molecule has 0 aliphatic carbocycles. The molecule has 0 saturated carbocycles. The maximum atomic E-state index is 11.8. The van der Waals surface area contributed by atoms with Crippen molar-refractivity contribution in [3.05, 3.63) is 30.4 Å². The van der Waals surface area contributed by atoms with Crippen LogP contribution in [-0.2, 0) is 19.1 Å². The molecule has 1 heterocycles. The minimum atomic E-state index is -1.25. The molecule has 1 aliphatic heterocycles. The van der Waals surface area contributed by atoms with Gasteiger partial charge in [0.25, 0.3) is 5.79 Å². The summed E-state index contributed by atoms with van der Waals surface area (Å²) in [6.07, 6.45) is 1.39. The van der Waals surface area contributed by atoms with Crippen molar-refractivity contribution in [3.8, 4) is 5.75 Å². The molecule has 0 bridgehead atoms. The number of hydrogen-bond acceptors (Lipinski definition) is 5. The smallest absolute Gasteiger partial charge is 0.348 e. The van der Waals surface area contributed by atoms with E-state index in [0.717, 1.165) is 0 Å². The van der Waals surface area contributed by atoms with Gasteiger partial charge in [-0.25, -0.2) is 9.59 Å². The monoisotopic (exact) mass is 500 g/mol. The van der Waals surface area contributed by atoms with E-state index >= 15 is 0 Å². The molecular weight excluding hydrogens is 490 g/mol. The van der Waals surface area contributed by atoms with E-state index in [0.29, 0.717) is 12.7 Å². The number of esters is 2. The summed E-state index contributed by atoms with van der Waals surface area (Å²) in [6, 6.07) is 3.32. The van der Waals surface area contributed by atoms with Crippen molar-refractivity contribution >= 4 is 63.2 Å². The molecule has 7 heteroatoms. The van der Waals surface area contributed by atoms with E-state index < -0.39 is 17.7 Å². The van der Waals surface area contributed by atoms with E-state index in [9.17, 15) is 14.7 Å². The first-order valence-corrected chi connectivity index (χ1v) is 7.72. The van der Waals surface area contributed by atoms with Crippen LogP contribution in [0.5, 0.6) is 5.75 Å². The van der Waals surface area contributed by atoms with Gasteiger partial charge in [-0.05, 0) is 69.0 Å². The Morgan fingerprint density at radius 3 is 2.00 bits per heavy atom. The summed E-state index contributed by atoms with van der Waals surface area (Å²) in [5.41, 5.74) is 0.446. The van der Waals surface area contributed by atoms with Gasteiger partial charge in [-0.2, -0.15) is 0 Å². The Labute approximate surface area is 142 Å². The van der Waals surface area contributed by atoms with E-state index in [-0.39, 0.29) is 11.3 Å². The van der Waals surface area contributed by atoms with Gasteiger partial charge in [0.2, 0.25) is 0 Å². The molecule has 20 heavy (non-hydrogen) atoms. The second-order valence-corrected chi connectivity index (χ2v) is 6.89. The topological polar surface area (TPSA) is 72.8 Å². The Morgan fingerprint density at radius 2 is 1.55 bits per heavy atom. The molecule has 0 amide bonds. The molecule has 1 aliphatic rings. The number of phenols is 1. The van der Waals surface area contributed by atoms with Gasteiger partial charge in [-0.3, -0.25) is 0 Å². The average Bonchev–Trinajstić information content (AvgIpc) is 2.29. The Kier molecular flexibility index (Phi) is 4.28. The SMILES string of the molecule is CC1(C)OC(=O)C(=Cc2cc(I)c(O)c(I)c2)C(=O)O1. The lowest BCUT2D eigenvalue weighted by atomic mass is 10.1. The largest absolute Gasteiger partial charge is 0.506 e. The lowest BCUT2D eigenvalue weighted by Crippen LogP contribution is -2.41. The zero-order valence-electron chi connectivity index (χ0n) is 10.6. The third-order valence-corrected chi connectivity index (χ3v) is 4.11. The number of cyclic esters (lactones) is 2. The Balaban J connectivity index is 2.41. The highest BCUT2D eigenvalue weighted by Crippen LogP contribution is 2.29. The molecule has 1 aromatic rings. The highest BCUT2D eigenvalue weighted by Gasteiger charge is 2.38. The summed E-state index contributed by atoms with van der Waals surface area (Å²) >= 11 is 3.94. The fourth-order valence-corrected chi connectivity index (χ4v) is 3.43. The second-order valence-electron chi connectivity index (χ2n) is 4.57. The van der Waals surface area contributed by atoms with E-state index in [1.54, 1.807) is 12.1 Å². The molecule has 5 nitrogen and oxygen atoms in total. The predicted molar refractivity (Wildman–Crippen MR) is 87.8 cm³/mol. The van der Waals surface area contributed by atoms with E-state index in [4.69, 9.17) is 9.47 Å². The zero-order chi connectivity index (χ0) is 15.1. The van der Waals surface area contributed by atoms with Crippen molar-refractivity contribution in [2.24, 2.45) is 0 Å². The number of aromatic hydroxyl groups is 1. The van der Waals surface area contributed by atoms with Gasteiger partial charge in [0.05, 0.1) is 7.14 Å². The van der Waals surface area contributed by atoms with Crippen molar-refractivity contribution in [2.75, 3.05) is 0 Å². The van der Waals surface area contributed by atoms with Gasteiger partial charge in [-0.15, -0.1) is 0 Å². The molecule has 1 saturated heterocycles. The minimum absolute atomic E-state index is 0.165. The first-order valence-electron chi connectivity index (χ1n) is 5.56. The first kappa shape index (κ1) is 15.5. The van der Waals surface area contributed by atoms with Crippen LogP contribution in [-0.4, -0.2) is 22.8 Å². The van der Waals surface area contributed by atoms with Crippen LogP contribution in [0.4, 0.5) is 0 Å². The lowest BCUT2D eigenvalue weighted by molar-refractivity contribution is -0.222. The number of rotatable bonds is 1. The second kappa shape index (κ2) is 5.51. The predicted octanol–water partition coefficient (Wildman–Crippen LogP) is 2.82. The molecule has 1 fully saturated rings. The van der Waals surface area contributed by atoms with Gasteiger partial charge < -0.3 is 14.6 Å². The number of carbonyl (C=O) groups is 2. The summed E-state index contributed by atoms with van der Waals surface area (Å²) in [6.45, 7) is 2.98. The number of phenolic OH excluding ortho intramolecular Hbond substituents is 1. The Morgan fingerprint density at radius 1 is 1.10 bits per heavy atom. The van der Waals surface area contributed by atoms with Gasteiger partial charge in [0.15, 0.2) is 0 Å². The molecule has 1 N–H and O–H groups in total. The van der Waals surface area contributed by atoms with Gasteiger partial charge in [0, 0.05) is 13.8 Å².